The molecule has 8 nitrogen and oxygen atoms in total. The molecule has 25 heavy (non-hydrogen) atoms. The molecule has 1 aliphatic heterocycles. The zero-order chi connectivity index (χ0) is 17.8. The lowest BCUT2D eigenvalue weighted by Crippen LogP contribution is -2.32. The Balaban J connectivity index is 1.62. The Labute approximate surface area is 144 Å². The molecule has 1 unspecified atom stereocenters. The third kappa shape index (κ3) is 4.52. The Morgan fingerprint density at radius 2 is 2.12 bits per heavy atom. The van der Waals surface area contributed by atoms with Crippen molar-refractivity contribution in [1.29, 1.82) is 0 Å². The standard InChI is InChI=1S/C16H20FN5O3/c17-12-3-4-15(16(7-12)22(24)25)19-13-8-18-21(9-13)11-14(23)10-20-5-1-2-6-20/h3-4,7-9,14,19,23H,1-2,5-6,10-11H2. The average molecular weight is 349 g/mol. The number of halogens is 1. The summed E-state index contributed by atoms with van der Waals surface area (Å²) in [5.74, 6) is -0.669. The van der Waals surface area contributed by atoms with E-state index in [0.717, 1.165) is 25.2 Å². The monoisotopic (exact) mass is 349 g/mol. The third-order valence-electron chi connectivity index (χ3n) is 4.13. The summed E-state index contributed by atoms with van der Waals surface area (Å²) in [5.41, 5.74) is 0.369. The first-order valence-electron chi connectivity index (χ1n) is 8.15. The molecule has 1 fully saturated rings. The van der Waals surface area contributed by atoms with Gasteiger partial charge < -0.3 is 15.3 Å². The van der Waals surface area contributed by atoms with Gasteiger partial charge >= 0.3 is 0 Å². The van der Waals surface area contributed by atoms with Gasteiger partial charge in [-0.3, -0.25) is 14.8 Å². The number of aliphatic hydroxyl groups is 1. The normalized spacial score (nSPS) is 16.1. The minimum atomic E-state index is -0.669. The molecule has 0 bridgehead atoms. The molecular formula is C16H20FN5O3. The van der Waals surface area contributed by atoms with Crippen molar-refractivity contribution in [3.63, 3.8) is 0 Å². The Hall–Kier alpha value is -2.52. The molecule has 9 heteroatoms. The Morgan fingerprint density at radius 3 is 2.84 bits per heavy atom. The van der Waals surface area contributed by atoms with Crippen LogP contribution in [0.1, 0.15) is 12.8 Å². The van der Waals surface area contributed by atoms with Gasteiger partial charge in [-0.05, 0) is 38.1 Å². The maximum Gasteiger partial charge on any atom is 0.295 e. The lowest BCUT2D eigenvalue weighted by atomic mass is 10.2. The second-order valence-corrected chi connectivity index (χ2v) is 6.16. The number of anilines is 2. The van der Waals surface area contributed by atoms with Gasteiger partial charge in [0, 0.05) is 12.7 Å². The van der Waals surface area contributed by atoms with Crippen LogP contribution < -0.4 is 5.32 Å². The fourth-order valence-electron chi connectivity index (χ4n) is 2.98. The highest BCUT2D eigenvalue weighted by molar-refractivity contribution is 5.68. The van der Waals surface area contributed by atoms with Crippen molar-refractivity contribution < 1.29 is 14.4 Å². The number of nitro benzene ring substituents is 1. The molecule has 1 aromatic heterocycles. The Morgan fingerprint density at radius 1 is 1.36 bits per heavy atom. The first kappa shape index (κ1) is 17.3. The predicted octanol–water partition coefficient (Wildman–Crippen LogP) is 2.13. The van der Waals surface area contributed by atoms with Gasteiger partial charge in [-0.1, -0.05) is 0 Å². The van der Waals surface area contributed by atoms with E-state index in [4.69, 9.17) is 0 Å². The van der Waals surface area contributed by atoms with Crippen LogP contribution in [0.5, 0.6) is 0 Å². The minimum absolute atomic E-state index is 0.184. The second-order valence-electron chi connectivity index (χ2n) is 6.16. The Bertz CT molecular complexity index is 745. The highest BCUT2D eigenvalue weighted by Crippen LogP contribution is 2.28. The first-order valence-corrected chi connectivity index (χ1v) is 8.15. The summed E-state index contributed by atoms with van der Waals surface area (Å²) in [6, 6.07) is 3.33. The van der Waals surface area contributed by atoms with E-state index in [0.29, 0.717) is 18.8 Å². The number of hydrogen-bond donors (Lipinski definition) is 2. The van der Waals surface area contributed by atoms with Crippen molar-refractivity contribution in [1.82, 2.24) is 14.7 Å². The number of rotatable bonds is 7. The number of hydrogen-bond acceptors (Lipinski definition) is 6. The molecule has 134 valence electrons. The summed E-state index contributed by atoms with van der Waals surface area (Å²) >= 11 is 0. The highest BCUT2D eigenvalue weighted by atomic mass is 19.1. The van der Waals surface area contributed by atoms with Crippen LogP contribution in [0.25, 0.3) is 0 Å². The van der Waals surface area contributed by atoms with Crippen LogP contribution in [0.4, 0.5) is 21.5 Å². The third-order valence-corrected chi connectivity index (χ3v) is 4.13. The van der Waals surface area contributed by atoms with E-state index >= 15 is 0 Å². The molecule has 0 amide bonds. The summed E-state index contributed by atoms with van der Waals surface area (Å²) in [7, 11) is 0. The van der Waals surface area contributed by atoms with Gasteiger partial charge in [0.05, 0.1) is 35.5 Å². The number of likely N-dealkylation sites (tertiary alicyclic amines) is 1. The molecule has 1 aliphatic rings. The lowest BCUT2D eigenvalue weighted by Gasteiger charge is -2.19. The van der Waals surface area contributed by atoms with Crippen molar-refractivity contribution in [2.45, 2.75) is 25.5 Å². The molecule has 0 aliphatic carbocycles. The molecular weight excluding hydrogens is 329 g/mol. The van der Waals surface area contributed by atoms with Crippen LogP contribution in [-0.4, -0.2) is 50.4 Å². The summed E-state index contributed by atoms with van der Waals surface area (Å²) in [5, 5.41) is 28.2. The summed E-state index contributed by atoms with van der Waals surface area (Å²) in [6.45, 7) is 2.96. The molecule has 1 atom stereocenters. The van der Waals surface area contributed by atoms with E-state index in [1.807, 2.05) is 0 Å². The van der Waals surface area contributed by atoms with E-state index in [1.165, 1.54) is 25.1 Å². The number of benzene rings is 1. The predicted molar refractivity (Wildman–Crippen MR) is 90.2 cm³/mol. The van der Waals surface area contributed by atoms with Gasteiger partial charge in [-0.15, -0.1) is 0 Å². The molecule has 1 aromatic carbocycles. The van der Waals surface area contributed by atoms with Crippen LogP contribution in [0.3, 0.4) is 0 Å². The van der Waals surface area contributed by atoms with Crippen LogP contribution >= 0.6 is 0 Å². The zero-order valence-corrected chi connectivity index (χ0v) is 13.6. The van der Waals surface area contributed by atoms with Crippen LogP contribution in [0, 0.1) is 15.9 Å². The van der Waals surface area contributed by atoms with E-state index in [2.05, 4.69) is 15.3 Å². The van der Waals surface area contributed by atoms with Crippen molar-refractivity contribution in [3.8, 4) is 0 Å². The smallest absolute Gasteiger partial charge is 0.295 e. The van der Waals surface area contributed by atoms with E-state index < -0.39 is 16.8 Å². The molecule has 3 rings (SSSR count). The SMILES string of the molecule is O=[N+]([O-])c1cc(F)ccc1Nc1cnn(CC(O)CN2CCCC2)c1. The summed E-state index contributed by atoms with van der Waals surface area (Å²) < 4.78 is 14.8. The number of nitro groups is 1. The number of aromatic nitrogens is 2. The number of nitrogens with zero attached hydrogens (tertiary/aromatic N) is 4. The second kappa shape index (κ2) is 7.58. The van der Waals surface area contributed by atoms with Crippen molar-refractivity contribution in [2.75, 3.05) is 25.0 Å². The largest absolute Gasteiger partial charge is 0.390 e. The fourth-order valence-corrected chi connectivity index (χ4v) is 2.98. The summed E-state index contributed by atoms with van der Waals surface area (Å²) in [4.78, 5) is 12.6. The molecule has 0 radical (unpaired) electrons. The number of nitrogens with one attached hydrogen (secondary N) is 1. The molecule has 2 aromatic rings. The topological polar surface area (TPSA) is 96.5 Å². The van der Waals surface area contributed by atoms with Crippen LogP contribution in [0.15, 0.2) is 30.6 Å². The van der Waals surface area contributed by atoms with Crippen molar-refractivity contribution >= 4 is 17.1 Å². The molecule has 1 saturated heterocycles. The molecule has 0 spiro atoms. The van der Waals surface area contributed by atoms with Crippen molar-refractivity contribution in [3.05, 3.63) is 46.5 Å². The molecule has 2 N–H and O–H groups in total. The van der Waals surface area contributed by atoms with Gasteiger partial charge in [0.25, 0.3) is 5.69 Å². The molecule has 2 heterocycles. The van der Waals surface area contributed by atoms with Gasteiger partial charge in [-0.2, -0.15) is 5.10 Å². The fraction of sp³-hybridized carbons (Fsp3) is 0.438. The molecule has 0 saturated carbocycles. The van der Waals surface area contributed by atoms with E-state index in [1.54, 1.807) is 10.9 Å². The number of aliphatic hydroxyl groups excluding tert-OH is 1. The minimum Gasteiger partial charge on any atom is -0.390 e. The summed E-state index contributed by atoms with van der Waals surface area (Å²) in [6.07, 6.45) is 4.96. The average Bonchev–Trinajstić information content (AvgIpc) is 3.21. The van der Waals surface area contributed by atoms with E-state index in [-0.39, 0.29) is 11.4 Å². The lowest BCUT2D eigenvalue weighted by molar-refractivity contribution is -0.384. The quantitative estimate of drug-likeness (QED) is 0.587. The van der Waals surface area contributed by atoms with Crippen LogP contribution in [0.2, 0.25) is 0 Å². The zero-order valence-electron chi connectivity index (χ0n) is 13.6. The van der Waals surface area contributed by atoms with Crippen molar-refractivity contribution in [2.24, 2.45) is 0 Å². The van der Waals surface area contributed by atoms with Gasteiger partial charge in [0.2, 0.25) is 0 Å². The number of β-amino-alcohol motifs (C(OH)–C–C–N with tert-alkyl or cyclic N) is 1. The van der Waals surface area contributed by atoms with Gasteiger partial charge in [0.15, 0.2) is 0 Å². The maximum atomic E-state index is 13.2. The van der Waals surface area contributed by atoms with E-state index in [9.17, 15) is 19.6 Å². The first-order chi connectivity index (χ1) is 12.0. The Kier molecular flexibility index (Phi) is 5.25. The van der Waals surface area contributed by atoms with Gasteiger partial charge in [0.1, 0.15) is 11.5 Å². The maximum absolute atomic E-state index is 13.2. The van der Waals surface area contributed by atoms with Gasteiger partial charge in [-0.25, -0.2) is 4.39 Å². The van der Waals surface area contributed by atoms with Crippen LogP contribution in [-0.2, 0) is 6.54 Å². The highest BCUT2D eigenvalue weighted by Gasteiger charge is 2.18.